The Morgan fingerprint density at radius 3 is 2.46 bits per heavy atom. The summed E-state index contributed by atoms with van der Waals surface area (Å²) in [6.45, 7) is 0. The van der Waals surface area contributed by atoms with Crippen molar-refractivity contribution in [2.75, 3.05) is 0 Å². The summed E-state index contributed by atoms with van der Waals surface area (Å²) < 4.78 is 3.13. The molecule has 0 aliphatic carbocycles. The van der Waals surface area contributed by atoms with Crippen LogP contribution in [-0.4, -0.2) is 14.4 Å². The number of pyridine rings is 2. The average molecular weight is 374 g/mol. The first-order valence-electron chi connectivity index (χ1n) is 7.73. The molecule has 0 amide bonds. The Morgan fingerprint density at radius 2 is 1.58 bits per heavy atom. The number of nitrogens with zero attached hydrogens (tertiary/aromatic N) is 3. The maximum absolute atomic E-state index is 4.95. The van der Waals surface area contributed by atoms with Gasteiger partial charge in [-0.05, 0) is 34.1 Å². The fraction of sp³-hybridized carbons (Fsp3) is 0. The smallest absolute Gasteiger partial charge is 0.138 e. The molecule has 3 nitrogen and oxygen atoms in total. The van der Waals surface area contributed by atoms with Gasteiger partial charge in [0.1, 0.15) is 11.2 Å². The molecule has 0 spiro atoms. The number of fused-ring (bicyclic) bond motifs is 5. The van der Waals surface area contributed by atoms with Crippen molar-refractivity contribution in [3.8, 4) is 11.3 Å². The van der Waals surface area contributed by atoms with Crippen molar-refractivity contribution >= 4 is 43.5 Å². The molecular formula is C20H12BrN3. The van der Waals surface area contributed by atoms with Crippen molar-refractivity contribution in [2.24, 2.45) is 0 Å². The minimum absolute atomic E-state index is 0.920. The second-order valence-electron chi connectivity index (χ2n) is 5.73. The van der Waals surface area contributed by atoms with Crippen molar-refractivity contribution in [1.82, 2.24) is 14.4 Å². The van der Waals surface area contributed by atoms with Gasteiger partial charge in [-0.25, -0.2) is 9.97 Å². The van der Waals surface area contributed by atoms with Gasteiger partial charge in [-0.3, -0.25) is 4.40 Å². The van der Waals surface area contributed by atoms with Crippen molar-refractivity contribution in [2.45, 2.75) is 0 Å². The summed E-state index contributed by atoms with van der Waals surface area (Å²) in [4.78, 5) is 9.82. The van der Waals surface area contributed by atoms with Crippen LogP contribution in [0.15, 0.2) is 77.4 Å². The number of hydrogen-bond acceptors (Lipinski definition) is 2. The van der Waals surface area contributed by atoms with E-state index < -0.39 is 0 Å². The highest BCUT2D eigenvalue weighted by Crippen LogP contribution is 2.33. The van der Waals surface area contributed by atoms with Gasteiger partial charge in [0, 0.05) is 21.6 Å². The van der Waals surface area contributed by atoms with E-state index in [0.29, 0.717) is 0 Å². The largest absolute Gasteiger partial charge is 0.296 e. The molecule has 5 aromatic rings. The van der Waals surface area contributed by atoms with Crippen LogP contribution in [0.2, 0.25) is 0 Å². The molecule has 0 aliphatic rings. The summed E-state index contributed by atoms with van der Waals surface area (Å²) in [5, 5.41) is 1.08. The average Bonchev–Trinajstić information content (AvgIpc) is 3.01. The number of benzene rings is 2. The second-order valence-corrected chi connectivity index (χ2v) is 6.64. The van der Waals surface area contributed by atoms with Gasteiger partial charge in [0.15, 0.2) is 0 Å². The first kappa shape index (κ1) is 13.7. The van der Waals surface area contributed by atoms with Crippen molar-refractivity contribution in [3.63, 3.8) is 0 Å². The third-order valence-electron chi connectivity index (χ3n) is 4.25. The summed E-state index contributed by atoms with van der Waals surface area (Å²) in [7, 11) is 0. The highest BCUT2D eigenvalue weighted by molar-refractivity contribution is 9.10. The van der Waals surface area contributed by atoms with Gasteiger partial charge in [-0.15, -0.1) is 0 Å². The molecule has 114 valence electrons. The maximum atomic E-state index is 4.95. The predicted octanol–water partition coefficient (Wildman–Crippen LogP) is 5.47. The summed E-state index contributed by atoms with van der Waals surface area (Å²) >= 11 is 3.56. The van der Waals surface area contributed by atoms with E-state index in [9.17, 15) is 0 Å². The molecule has 0 fully saturated rings. The van der Waals surface area contributed by atoms with Crippen LogP contribution in [0.1, 0.15) is 0 Å². The van der Waals surface area contributed by atoms with Crippen LogP contribution in [0.4, 0.5) is 0 Å². The number of para-hydroxylation sites is 1. The van der Waals surface area contributed by atoms with E-state index in [-0.39, 0.29) is 0 Å². The third-order valence-corrected chi connectivity index (χ3v) is 4.71. The molecule has 5 rings (SSSR count). The van der Waals surface area contributed by atoms with Gasteiger partial charge in [-0.1, -0.05) is 48.5 Å². The fourth-order valence-electron chi connectivity index (χ4n) is 3.17. The first-order chi connectivity index (χ1) is 11.8. The van der Waals surface area contributed by atoms with Crippen molar-refractivity contribution in [3.05, 3.63) is 77.4 Å². The van der Waals surface area contributed by atoms with E-state index in [0.717, 1.165) is 43.3 Å². The number of aromatic nitrogens is 3. The summed E-state index contributed by atoms with van der Waals surface area (Å²) in [5.41, 5.74) is 5.95. The van der Waals surface area contributed by atoms with Gasteiger partial charge >= 0.3 is 0 Å². The van der Waals surface area contributed by atoms with E-state index in [1.54, 1.807) is 0 Å². The lowest BCUT2D eigenvalue weighted by Crippen LogP contribution is -1.92. The minimum Gasteiger partial charge on any atom is -0.296 e. The molecule has 0 atom stereocenters. The maximum Gasteiger partial charge on any atom is 0.138 e. The molecule has 0 unspecified atom stereocenters. The lowest BCUT2D eigenvalue weighted by Gasteiger charge is -2.07. The molecule has 0 aliphatic heterocycles. The highest BCUT2D eigenvalue weighted by Gasteiger charge is 2.16. The zero-order chi connectivity index (χ0) is 16.1. The van der Waals surface area contributed by atoms with Gasteiger partial charge in [0.05, 0.1) is 16.7 Å². The second kappa shape index (κ2) is 5.14. The highest BCUT2D eigenvalue weighted by atomic mass is 79.9. The monoisotopic (exact) mass is 373 g/mol. The molecule has 0 bridgehead atoms. The van der Waals surface area contributed by atoms with Crippen LogP contribution in [0.5, 0.6) is 0 Å². The molecule has 0 radical (unpaired) electrons. The van der Waals surface area contributed by atoms with E-state index in [1.807, 2.05) is 54.7 Å². The van der Waals surface area contributed by atoms with E-state index in [2.05, 4.69) is 38.5 Å². The summed E-state index contributed by atoms with van der Waals surface area (Å²) in [5.74, 6) is 0. The van der Waals surface area contributed by atoms with Crippen molar-refractivity contribution < 1.29 is 0 Å². The van der Waals surface area contributed by atoms with Gasteiger partial charge in [0.25, 0.3) is 0 Å². The molecular weight excluding hydrogens is 362 g/mol. The number of halogens is 1. The van der Waals surface area contributed by atoms with Gasteiger partial charge < -0.3 is 0 Å². The fourth-order valence-corrected chi connectivity index (χ4v) is 3.51. The van der Waals surface area contributed by atoms with Crippen LogP contribution in [0, 0.1) is 0 Å². The van der Waals surface area contributed by atoms with Gasteiger partial charge in [-0.2, -0.15) is 0 Å². The lowest BCUT2D eigenvalue weighted by molar-refractivity contribution is 1.21. The van der Waals surface area contributed by atoms with Crippen molar-refractivity contribution in [1.29, 1.82) is 0 Å². The molecule has 0 saturated carbocycles. The molecule has 2 aromatic carbocycles. The quantitative estimate of drug-likeness (QED) is 0.390. The number of rotatable bonds is 1. The Hall–Kier alpha value is -2.72. The number of imidazole rings is 1. The summed E-state index contributed by atoms with van der Waals surface area (Å²) in [6.07, 6.45) is 2.05. The normalized spacial score (nSPS) is 11.5. The standard InChI is InChI=1S/C20H12BrN3/c21-14-10-11-17-23-19-15-8-4-5-9-16(15)22-18(20(19)24(17)12-14)13-6-2-1-3-7-13/h1-12H. The zero-order valence-corrected chi connectivity index (χ0v) is 14.2. The van der Waals surface area contributed by atoms with Gasteiger partial charge in [0.2, 0.25) is 0 Å². The Kier molecular flexibility index (Phi) is 2.94. The topological polar surface area (TPSA) is 30.2 Å². The Labute approximate surface area is 146 Å². The van der Waals surface area contributed by atoms with Crippen LogP contribution in [-0.2, 0) is 0 Å². The Balaban J connectivity index is 2.06. The summed E-state index contributed by atoms with van der Waals surface area (Å²) in [6, 6.07) is 22.5. The first-order valence-corrected chi connectivity index (χ1v) is 8.52. The minimum atomic E-state index is 0.920. The number of hydrogen-bond donors (Lipinski definition) is 0. The van der Waals surface area contributed by atoms with E-state index in [4.69, 9.17) is 9.97 Å². The molecule has 0 N–H and O–H groups in total. The zero-order valence-electron chi connectivity index (χ0n) is 12.6. The molecule has 3 heterocycles. The molecule has 3 aromatic heterocycles. The lowest BCUT2D eigenvalue weighted by atomic mass is 10.1. The Morgan fingerprint density at radius 1 is 0.792 bits per heavy atom. The molecule has 4 heteroatoms. The molecule has 0 saturated heterocycles. The van der Waals surface area contributed by atoms with E-state index >= 15 is 0 Å². The predicted molar refractivity (Wildman–Crippen MR) is 101 cm³/mol. The van der Waals surface area contributed by atoms with E-state index in [1.165, 1.54) is 0 Å². The van der Waals surface area contributed by atoms with Crippen LogP contribution in [0.25, 0.3) is 38.8 Å². The van der Waals surface area contributed by atoms with Crippen LogP contribution >= 0.6 is 15.9 Å². The van der Waals surface area contributed by atoms with Crippen LogP contribution < -0.4 is 0 Å². The SMILES string of the molecule is Brc1ccc2nc3c4ccccc4nc(-c4ccccc4)c3n2c1. The third kappa shape index (κ3) is 1.96. The Bertz CT molecular complexity index is 1210. The van der Waals surface area contributed by atoms with Crippen LogP contribution in [0.3, 0.4) is 0 Å². The molecule has 24 heavy (non-hydrogen) atoms.